The fourth-order valence-electron chi connectivity index (χ4n) is 2.76. The minimum Gasteiger partial charge on any atom is -0.350 e. The largest absolute Gasteiger partial charge is 0.350 e. The fourth-order valence-corrected chi connectivity index (χ4v) is 3.39. The summed E-state index contributed by atoms with van der Waals surface area (Å²) in [6.45, 7) is 2.01. The van der Waals surface area contributed by atoms with Gasteiger partial charge in [-0.3, -0.25) is 4.79 Å². The maximum absolute atomic E-state index is 12.1. The van der Waals surface area contributed by atoms with Crippen LogP contribution < -0.4 is 11.1 Å². The van der Waals surface area contributed by atoms with E-state index in [-0.39, 0.29) is 30.4 Å². The van der Waals surface area contributed by atoms with Crippen molar-refractivity contribution in [2.24, 2.45) is 11.7 Å². The van der Waals surface area contributed by atoms with Gasteiger partial charge in [-0.1, -0.05) is 40.5 Å². The number of benzene rings is 1. The molecule has 112 valence electrons. The molecule has 3 atom stereocenters. The summed E-state index contributed by atoms with van der Waals surface area (Å²) >= 11 is 3.51. The fraction of sp³-hybridized carbons (Fsp3) is 0.533. The molecule has 1 aliphatic rings. The van der Waals surface area contributed by atoms with Crippen molar-refractivity contribution in [3.63, 3.8) is 0 Å². The Hall–Kier alpha value is -0.580. The molecule has 0 saturated heterocycles. The van der Waals surface area contributed by atoms with Gasteiger partial charge in [0, 0.05) is 16.9 Å². The standard InChI is InChI=1S/C15H21BrN2O.ClH/c1-10(12-6-2-3-7-13(12)16)18-15(19)9-11-5-4-8-14(11)17;/h2-3,6-7,10-11,14H,4-5,8-9,17H2,1H3,(H,18,19);1H/t10?,11-,14+;/m0./s1. The third-order valence-electron chi connectivity index (χ3n) is 3.91. The Kier molecular flexibility index (Phi) is 7.00. The highest BCUT2D eigenvalue weighted by molar-refractivity contribution is 9.10. The van der Waals surface area contributed by atoms with E-state index in [0.717, 1.165) is 29.3 Å². The maximum atomic E-state index is 12.1. The molecule has 0 aliphatic heterocycles. The molecule has 20 heavy (non-hydrogen) atoms. The smallest absolute Gasteiger partial charge is 0.220 e. The van der Waals surface area contributed by atoms with Crippen molar-refractivity contribution in [3.05, 3.63) is 34.3 Å². The molecular weight excluding hydrogens is 340 g/mol. The van der Waals surface area contributed by atoms with Crippen molar-refractivity contribution < 1.29 is 4.79 Å². The van der Waals surface area contributed by atoms with E-state index < -0.39 is 0 Å². The van der Waals surface area contributed by atoms with Crippen molar-refractivity contribution in [1.29, 1.82) is 0 Å². The molecule has 0 spiro atoms. The van der Waals surface area contributed by atoms with Crippen LogP contribution in [0.4, 0.5) is 0 Å². The van der Waals surface area contributed by atoms with Crippen LogP contribution in [0.2, 0.25) is 0 Å². The van der Waals surface area contributed by atoms with Crippen LogP contribution in [0.5, 0.6) is 0 Å². The molecular formula is C15H22BrClN2O. The zero-order chi connectivity index (χ0) is 13.8. The first kappa shape index (κ1) is 17.5. The van der Waals surface area contributed by atoms with Crippen LogP contribution in [0.15, 0.2) is 28.7 Å². The second-order valence-electron chi connectivity index (χ2n) is 5.37. The quantitative estimate of drug-likeness (QED) is 0.861. The zero-order valence-corrected chi connectivity index (χ0v) is 14.0. The normalized spacial score (nSPS) is 22.9. The summed E-state index contributed by atoms with van der Waals surface area (Å²) in [6.07, 6.45) is 3.84. The van der Waals surface area contributed by atoms with E-state index in [4.69, 9.17) is 5.73 Å². The number of rotatable bonds is 4. The number of hydrogen-bond acceptors (Lipinski definition) is 2. The van der Waals surface area contributed by atoms with E-state index in [2.05, 4.69) is 21.2 Å². The van der Waals surface area contributed by atoms with Crippen molar-refractivity contribution >= 4 is 34.2 Å². The number of nitrogens with two attached hydrogens (primary N) is 1. The predicted octanol–water partition coefficient (Wildman–Crippen LogP) is 3.57. The molecule has 0 radical (unpaired) electrons. The summed E-state index contributed by atoms with van der Waals surface area (Å²) in [5, 5.41) is 3.06. The first-order valence-corrected chi connectivity index (χ1v) is 7.66. The van der Waals surface area contributed by atoms with Gasteiger partial charge in [0.25, 0.3) is 0 Å². The highest BCUT2D eigenvalue weighted by Crippen LogP contribution is 2.27. The summed E-state index contributed by atoms with van der Waals surface area (Å²) in [5.74, 6) is 0.456. The van der Waals surface area contributed by atoms with Gasteiger partial charge < -0.3 is 11.1 Å². The summed E-state index contributed by atoms with van der Waals surface area (Å²) in [5.41, 5.74) is 7.11. The van der Waals surface area contributed by atoms with E-state index in [1.807, 2.05) is 31.2 Å². The van der Waals surface area contributed by atoms with Crippen LogP contribution in [0, 0.1) is 5.92 Å². The van der Waals surface area contributed by atoms with Gasteiger partial charge in [-0.25, -0.2) is 0 Å². The Morgan fingerprint density at radius 2 is 2.15 bits per heavy atom. The number of nitrogens with one attached hydrogen (secondary N) is 1. The number of hydrogen-bond donors (Lipinski definition) is 2. The number of halogens is 2. The zero-order valence-electron chi connectivity index (χ0n) is 11.6. The average molecular weight is 362 g/mol. The molecule has 1 saturated carbocycles. The topological polar surface area (TPSA) is 55.1 Å². The van der Waals surface area contributed by atoms with Crippen molar-refractivity contribution in [3.8, 4) is 0 Å². The minimum absolute atomic E-state index is 0. The van der Waals surface area contributed by atoms with Gasteiger partial charge in [0.05, 0.1) is 6.04 Å². The average Bonchev–Trinajstić information content (AvgIpc) is 2.75. The Bertz CT molecular complexity index is 455. The second kappa shape index (κ2) is 8.01. The molecule has 1 fully saturated rings. The Labute approximate surface area is 135 Å². The Morgan fingerprint density at radius 3 is 2.75 bits per heavy atom. The number of amides is 1. The molecule has 0 aromatic heterocycles. The lowest BCUT2D eigenvalue weighted by atomic mass is 9.99. The third-order valence-corrected chi connectivity index (χ3v) is 4.64. The third kappa shape index (κ3) is 4.47. The SMILES string of the molecule is CC(NC(=O)C[C@@H]1CCC[C@H]1N)c1ccccc1Br.Cl. The van der Waals surface area contributed by atoms with Crippen LogP contribution >= 0.6 is 28.3 Å². The Morgan fingerprint density at radius 1 is 1.45 bits per heavy atom. The second-order valence-corrected chi connectivity index (χ2v) is 6.22. The highest BCUT2D eigenvalue weighted by Gasteiger charge is 2.26. The predicted molar refractivity (Wildman–Crippen MR) is 87.9 cm³/mol. The summed E-state index contributed by atoms with van der Waals surface area (Å²) < 4.78 is 1.03. The molecule has 0 bridgehead atoms. The highest BCUT2D eigenvalue weighted by atomic mass is 79.9. The molecule has 1 unspecified atom stereocenters. The Balaban J connectivity index is 0.00000200. The number of carbonyl (C=O) groups is 1. The lowest BCUT2D eigenvalue weighted by Crippen LogP contribution is -2.33. The van der Waals surface area contributed by atoms with E-state index in [0.29, 0.717) is 12.3 Å². The molecule has 5 heteroatoms. The first-order chi connectivity index (χ1) is 9.08. The van der Waals surface area contributed by atoms with Crippen LogP contribution in [-0.4, -0.2) is 11.9 Å². The van der Waals surface area contributed by atoms with E-state index in [9.17, 15) is 4.79 Å². The summed E-state index contributed by atoms with van der Waals surface area (Å²) in [7, 11) is 0. The van der Waals surface area contributed by atoms with Crippen LogP contribution in [-0.2, 0) is 4.79 Å². The van der Waals surface area contributed by atoms with Crippen molar-refractivity contribution in [2.75, 3.05) is 0 Å². The lowest BCUT2D eigenvalue weighted by molar-refractivity contribution is -0.122. The molecule has 1 aliphatic carbocycles. The van der Waals surface area contributed by atoms with Crippen LogP contribution in [0.1, 0.15) is 44.2 Å². The minimum atomic E-state index is 0. The van der Waals surface area contributed by atoms with Crippen molar-refractivity contribution in [2.45, 2.75) is 44.7 Å². The van der Waals surface area contributed by atoms with Gasteiger partial charge in [-0.2, -0.15) is 0 Å². The van der Waals surface area contributed by atoms with E-state index in [1.54, 1.807) is 0 Å². The van der Waals surface area contributed by atoms with Gasteiger partial charge in [-0.15, -0.1) is 12.4 Å². The van der Waals surface area contributed by atoms with Crippen LogP contribution in [0.3, 0.4) is 0 Å². The van der Waals surface area contributed by atoms with Gasteiger partial charge >= 0.3 is 0 Å². The van der Waals surface area contributed by atoms with E-state index >= 15 is 0 Å². The maximum Gasteiger partial charge on any atom is 0.220 e. The summed E-state index contributed by atoms with van der Waals surface area (Å²) in [6, 6.07) is 8.18. The molecule has 2 rings (SSSR count). The van der Waals surface area contributed by atoms with Crippen molar-refractivity contribution in [1.82, 2.24) is 5.32 Å². The molecule has 1 aromatic rings. The van der Waals surface area contributed by atoms with Gasteiger partial charge in [0.2, 0.25) is 5.91 Å². The molecule has 0 heterocycles. The molecule has 1 aromatic carbocycles. The number of carbonyl (C=O) groups excluding carboxylic acids is 1. The van der Waals surface area contributed by atoms with Crippen LogP contribution in [0.25, 0.3) is 0 Å². The van der Waals surface area contributed by atoms with E-state index in [1.165, 1.54) is 0 Å². The molecule has 1 amide bonds. The van der Waals surface area contributed by atoms with Gasteiger partial charge in [0.1, 0.15) is 0 Å². The molecule has 3 nitrogen and oxygen atoms in total. The molecule has 3 N–H and O–H groups in total. The van der Waals surface area contributed by atoms with Gasteiger partial charge in [-0.05, 0) is 37.3 Å². The monoisotopic (exact) mass is 360 g/mol. The summed E-state index contributed by atoms with van der Waals surface area (Å²) in [4.78, 5) is 12.1. The first-order valence-electron chi connectivity index (χ1n) is 6.87. The lowest BCUT2D eigenvalue weighted by Gasteiger charge is -2.19. The van der Waals surface area contributed by atoms with Gasteiger partial charge in [0.15, 0.2) is 0 Å².